The van der Waals surface area contributed by atoms with Gasteiger partial charge in [-0.15, -0.1) is 0 Å². The maximum absolute atomic E-state index is 17.0. The molecule has 3 unspecified atom stereocenters. The van der Waals surface area contributed by atoms with E-state index >= 15 is 4.39 Å². The molecule has 12 heteroatoms. The van der Waals surface area contributed by atoms with Crippen LogP contribution in [-0.4, -0.2) is 45.8 Å². The average molecular weight is 516 g/mol. The Morgan fingerprint density at radius 2 is 1.91 bits per heavy atom. The van der Waals surface area contributed by atoms with Crippen molar-refractivity contribution < 1.29 is 102 Å². The minimum Gasteiger partial charge on any atom is -0.790 e. The van der Waals surface area contributed by atoms with Crippen LogP contribution in [0.15, 0.2) is 23.8 Å². The molecule has 0 aromatic heterocycles. The number of aliphatic hydroxyl groups is 2. The van der Waals surface area contributed by atoms with Gasteiger partial charge in [-0.05, 0) is 56.6 Å². The first-order valence-electron chi connectivity index (χ1n) is 10.8. The SMILES string of the molecule is C[C@H]1CC2C3CCC4=CC(=O)C=C[C@]4(C)C3(F)[C@@H](O)C[C@]2(C)[C@@]1(O)C(=O)COP(=O)([O-])[O-].[Na+].[Na+]. The van der Waals surface area contributed by atoms with Crippen molar-refractivity contribution >= 4 is 19.4 Å². The van der Waals surface area contributed by atoms with Crippen LogP contribution in [0.25, 0.3) is 0 Å². The minimum absolute atomic E-state index is 0. The number of Topliss-reactive ketones (excluding diaryl/α,β-unsaturated/α-hetero) is 1. The number of allylic oxidation sites excluding steroid dienone is 4. The third-order valence-corrected chi connectivity index (χ3v) is 9.45. The predicted molar refractivity (Wildman–Crippen MR) is 106 cm³/mol. The van der Waals surface area contributed by atoms with Crippen LogP contribution in [0.5, 0.6) is 0 Å². The number of halogens is 1. The van der Waals surface area contributed by atoms with E-state index in [1.54, 1.807) is 20.8 Å². The molecule has 0 amide bonds. The summed E-state index contributed by atoms with van der Waals surface area (Å²) in [5, 5.41) is 22.8. The van der Waals surface area contributed by atoms with Gasteiger partial charge in [0, 0.05) is 16.7 Å². The molecule has 4 aliphatic carbocycles. The van der Waals surface area contributed by atoms with E-state index in [2.05, 4.69) is 4.52 Å². The van der Waals surface area contributed by atoms with E-state index in [1.807, 2.05) is 0 Å². The molecule has 0 radical (unpaired) electrons. The summed E-state index contributed by atoms with van der Waals surface area (Å²) in [7, 11) is -5.43. The Morgan fingerprint density at radius 1 is 1.29 bits per heavy atom. The second-order valence-corrected chi connectivity index (χ2v) is 11.5. The Morgan fingerprint density at radius 3 is 2.50 bits per heavy atom. The van der Waals surface area contributed by atoms with Crippen LogP contribution in [0, 0.1) is 28.6 Å². The van der Waals surface area contributed by atoms with Gasteiger partial charge in [0.05, 0.1) is 13.9 Å². The quantitative estimate of drug-likeness (QED) is 0.279. The average Bonchev–Trinajstić information content (AvgIpc) is 2.89. The van der Waals surface area contributed by atoms with Gasteiger partial charge in [0.25, 0.3) is 0 Å². The smallest absolute Gasteiger partial charge is 0.790 e. The van der Waals surface area contributed by atoms with Crippen molar-refractivity contribution in [1.29, 1.82) is 0 Å². The fraction of sp³-hybridized carbons (Fsp3) is 0.727. The Bertz CT molecular complexity index is 984. The van der Waals surface area contributed by atoms with Crippen LogP contribution in [0.4, 0.5) is 4.39 Å². The molecular weight excluding hydrogens is 488 g/mol. The van der Waals surface area contributed by atoms with E-state index in [-0.39, 0.29) is 77.7 Å². The summed E-state index contributed by atoms with van der Waals surface area (Å²) in [6, 6.07) is 0. The van der Waals surface area contributed by atoms with Crippen molar-refractivity contribution in [3.05, 3.63) is 23.8 Å². The van der Waals surface area contributed by atoms with Gasteiger partial charge in [0.15, 0.2) is 17.2 Å². The van der Waals surface area contributed by atoms with Gasteiger partial charge in [0.1, 0.15) is 12.2 Å². The summed E-state index contributed by atoms with van der Waals surface area (Å²) in [6.07, 6.45) is 3.54. The molecule has 3 saturated carbocycles. The van der Waals surface area contributed by atoms with Crippen molar-refractivity contribution in [2.75, 3.05) is 6.61 Å². The number of aliphatic hydroxyl groups excluding tert-OH is 1. The van der Waals surface area contributed by atoms with Gasteiger partial charge in [0.2, 0.25) is 0 Å². The second-order valence-electron chi connectivity index (χ2n) is 10.3. The molecule has 8 nitrogen and oxygen atoms in total. The van der Waals surface area contributed by atoms with Gasteiger partial charge in [-0.3, -0.25) is 9.59 Å². The molecule has 0 aromatic carbocycles. The number of alkyl halides is 1. The Balaban J connectivity index is 0.00000204. The third-order valence-electron chi connectivity index (χ3n) is 9.00. The molecule has 3 fully saturated rings. The summed E-state index contributed by atoms with van der Waals surface area (Å²) >= 11 is 0. The van der Waals surface area contributed by atoms with E-state index in [4.69, 9.17) is 0 Å². The third kappa shape index (κ3) is 4.20. The number of phosphoric acid groups is 1. The number of phosphoric ester groups is 1. The standard InChI is InChI=1S/C22H30FO8P.2Na/c1-12-8-16-15-5-4-13-9-14(24)6-7-19(13,2)21(15,23)17(25)10-20(16,3)22(12,27)18(26)11-31-32(28,29)30;;/h6-7,9,12,15-17,25,27H,4-5,8,10-11H2,1-3H3,(H2,28,29,30);;/q;2*+1/p-2/t12-,15?,16?,17-,19-,20-,21?,22-;;/m0../s1. The van der Waals surface area contributed by atoms with E-state index < -0.39 is 66.2 Å². The first kappa shape index (κ1) is 31.0. The van der Waals surface area contributed by atoms with Crippen LogP contribution < -0.4 is 68.9 Å². The summed E-state index contributed by atoms with van der Waals surface area (Å²) in [5.74, 6) is -3.06. The first-order valence-corrected chi connectivity index (χ1v) is 12.3. The monoisotopic (exact) mass is 516 g/mol. The largest absolute Gasteiger partial charge is 1.00 e. The van der Waals surface area contributed by atoms with E-state index in [0.717, 1.165) is 0 Å². The molecule has 2 N–H and O–H groups in total. The van der Waals surface area contributed by atoms with Gasteiger partial charge in [-0.2, -0.15) is 0 Å². The Labute approximate surface area is 242 Å². The number of fused-ring (bicyclic) bond motifs is 5. The Hall–Kier alpha value is 0.780. The van der Waals surface area contributed by atoms with Crippen LogP contribution in [-0.2, 0) is 18.7 Å². The van der Waals surface area contributed by atoms with Crippen molar-refractivity contribution in [2.45, 2.75) is 63.8 Å². The number of hydrogen-bond acceptors (Lipinski definition) is 8. The molecule has 34 heavy (non-hydrogen) atoms. The van der Waals surface area contributed by atoms with Crippen molar-refractivity contribution in [2.24, 2.45) is 28.6 Å². The first-order chi connectivity index (χ1) is 14.6. The fourth-order valence-corrected chi connectivity index (χ4v) is 7.66. The van der Waals surface area contributed by atoms with Gasteiger partial charge in [-0.1, -0.05) is 25.5 Å². The number of hydrogen-bond donors (Lipinski definition) is 2. The molecule has 0 saturated heterocycles. The molecule has 4 aliphatic rings. The zero-order chi connectivity index (χ0) is 23.9. The summed E-state index contributed by atoms with van der Waals surface area (Å²) in [4.78, 5) is 46.6. The van der Waals surface area contributed by atoms with Gasteiger partial charge in [-0.25, -0.2) is 4.39 Å². The van der Waals surface area contributed by atoms with Gasteiger partial charge >= 0.3 is 59.1 Å². The number of carbonyl (C=O) groups is 2. The molecular formula is C22H28FNa2O8P. The van der Waals surface area contributed by atoms with E-state index in [9.17, 15) is 34.2 Å². The summed E-state index contributed by atoms with van der Waals surface area (Å²) < 4.78 is 32.0. The molecule has 0 heterocycles. The fourth-order valence-electron chi connectivity index (χ4n) is 7.39. The van der Waals surface area contributed by atoms with Crippen molar-refractivity contribution in [3.8, 4) is 0 Å². The number of rotatable bonds is 4. The van der Waals surface area contributed by atoms with Crippen molar-refractivity contribution in [3.63, 3.8) is 0 Å². The molecule has 0 bridgehead atoms. The zero-order valence-corrected chi connectivity index (χ0v) is 25.1. The van der Waals surface area contributed by atoms with Gasteiger partial charge < -0.3 is 29.1 Å². The molecule has 0 aromatic rings. The molecule has 8 atom stereocenters. The summed E-state index contributed by atoms with van der Waals surface area (Å²) in [6.45, 7) is 3.80. The minimum atomic E-state index is -5.43. The Kier molecular flexibility index (Phi) is 8.96. The van der Waals surface area contributed by atoms with Crippen LogP contribution >= 0.6 is 7.82 Å². The van der Waals surface area contributed by atoms with Crippen LogP contribution in [0.3, 0.4) is 0 Å². The summed E-state index contributed by atoms with van der Waals surface area (Å²) in [5.41, 5.74) is -6.03. The molecule has 4 rings (SSSR count). The number of ketones is 2. The number of carbonyl (C=O) groups excluding carboxylic acids is 2. The van der Waals surface area contributed by atoms with Crippen LogP contribution in [0.2, 0.25) is 0 Å². The predicted octanol–water partition coefficient (Wildman–Crippen LogP) is -5.24. The van der Waals surface area contributed by atoms with E-state index in [0.29, 0.717) is 18.4 Å². The van der Waals surface area contributed by atoms with E-state index in [1.165, 1.54) is 18.2 Å². The normalized spacial score (nSPS) is 45.2. The zero-order valence-electron chi connectivity index (χ0n) is 20.2. The molecule has 178 valence electrons. The van der Waals surface area contributed by atoms with Crippen molar-refractivity contribution in [1.82, 2.24) is 0 Å². The van der Waals surface area contributed by atoms with Crippen LogP contribution in [0.1, 0.15) is 46.5 Å². The maximum Gasteiger partial charge on any atom is 1.00 e. The maximum atomic E-state index is 17.0. The topological polar surface area (TPSA) is 147 Å². The second kappa shape index (κ2) is 9.83. The molecule has 0 spiro atoms. The molecule has 0 aliphatic heterocycles.